The number of nitrogens with zero attached hydrogens (tertiary/aromatic N) is 3. The summed E-state index contributed by atoms with van der Waals surface area (Å²) < 4.78 is 6.31. The highest BCUT2D eigenvalue weighted by Gasteiger charge is 2.12. The molecule has 1 amide bonds. The first-order chi connectivity index (χ1) is 11.1. The number of carbonyl (C=O) groups excluding carboxylic acids is 2. The fraction of sp³-hybridized carbons (Fsp3) is 0.333. The minimum atomic E-state index is -0.389. The fourth-order valence-corrected chi connectivity index (χ4v) is 2.08. The van der Waals surface area contributed by atoms with Gasteiger partial charge in [-0.1, -0.05) is 35.0 Å². The molecular weight excluding hydrogens is 320 g/mol. The van der Waals surface area contributed by atoms with Crippen molar-refractivity contribution in [3.05, 3.63) is 46.7 Å². The van der Waals surface area contributed by atoms with E-state index < -0.39 is 0 Å². The molecular formula is C15H17ClN4O3. The maximum atomic E-state index is 11.9. The van der Waals surface area contributed by atoms with E-state index in [-0.39, 0.29) is 30.5 Å². The van der Waals surface area contributed by atoms with Gasteiger partial charge < -0.3 is 10.1 Å². The van der Waals surface area contributed by atoms with Crippen molar-refractivity contribution < 1.29 is 14.3 Å². The van der Waals surface area contributed by atoms with Crippen molar-refractivity contribution in [1.29, 1.82) is 0 Å². The molecule has 2 aromatic rings. The van der Waals surface area contributed by atoms with Crippen molar-refractivity contribution >= 4 is 23.5 Å². The summed E-state index contributed by atoms with van der Waals surface area (Å²) in [6.07, 6.45) is 1.65. The summed E-state index contributed by atoms with van der Waals surface area (Å²) in [7, 11) is 0. The van der Waals surface area contributed by atoms with Crippen LogP contribution in [-0.4, -0.2) is 40.0 Å². The van der Waals surface area contributed by atoms with Gasteiger partial charge in [-0.15, -0.1) is 5.10 Å². The number of hydrogen-bond donors (Lipinski definition) is 1. The van der Waals surface area contributed by atoms with Crippen LogP contribution in [0.25, 0.3) is 0 Å². The summed E-state index contributed by atoms with van der Waals surface area (Å²) in [5, 5.41) is 10.9. The number of nitrogens with one attached hydrogen (secondary N) is 1. The highest BCUT2D eigenvalue weighted by atomic mass is 35.5. The van der Waals surface area contributed by atoms with E-state index in [0.29, 0.717) is 18.2 Å². The molecule has 122 valence electrons. The monoisotopic (exact) mass is 336 g/mol. The molecule has 0 atom stereocenters. The number of hydrogen-bond acceptors (Lipinski definition) is 5. The van der Waals surface area contributed by atoms with Crippen LogP contribution in [0.4, 0.5) is 0 Å². The van der Waals surface area contributed by atoms with Crippen LogP contribution < -0.4 is 5.32 Å². The molecule has 0 bridgehead atoms. The molecule has 0 fully saturated rings. The highest BCUT2D eigenvalue weighted by Crippen LogP contribution is 2.15. The van der Waals surface area contributed by atoms with Gasteiger partial charge in [-0.05, 0) is 18.6 Å². The first-order valence-electron chi connectivity index (χ1n) is 7.17. The Morgan fingerprint density at radius 2 is 2.13 bits per heavy atom. The minimum Gasteiger partial charge on any atom is -0.466 e. The largest absolute Gasteiger partial charge is 0.466 e. The van der Waals surface area contributed by atoms with Gasteiger partial charge in [0, 0.05) is 11.6 Å². The van der Waals surface area contributed by atoms with Gasteiger partial charge in [-0.2, -0.15) is 0 Å². The third-order valence-corrected chi connectivity index (χ3v) is 3.35. The second-order valence-electron chi connectivity index (χ2n) is 4.70. The molecule has 0 unspecified atom stereocenters. The molecule has 2 rings (SSSR count). The second-order valence-corrected chi connectivity index (χ2v) is 5.11. The lowest BCUT2D eigenvalue weighted by atomic mass is 10.2. The molecule has 1 aromatic carbocycles. The van der Waals surface area contributed by atoms with Gasteiger partial charge in [0.05, 0.1) is 25.8 Å². The van der Waals surface area contributed by atoms with Crippen molar-refractivity contribution in [1.82, 2.24) is 20.3 Å². The number of halogens is 1. The quantitative estimate of drug-likeness (QED) is 0.777. The second kappa shape index (κ2) is 8.28. The molecule has 23 heavy (non-hydrogen) atoms. The van der Waals surface area contributed by atoms with E-state index in [2.05, 4.69) is 15.6 Å². The van der Waals surface area contributed by atoms with Crippen molar-refractivity contribution in [3.8, 4) is 0 Å². The Balaban J connectivity index is 1.87. The zero-order valence-corrected chi connectivity index (χ0v) is 13.4. The maximum absolute atomic E-state index is 11.9. The summed E-state index contributed by atoms with van der Waals surface area (Å²) >= 11 is 6.08. The van der Waals surface area contributed by atoms with Crippen molar-refractivity contribution in [2.24, 2.45) is 0 Å². The molecule has 0 aliphatic carbocycles. The maximum Gasteiger partial charge on any atom is 0.307 e. The fourth-order valence-electron chi connectivity index (χ4n) is 1.88. The van der Waals surface area contributed by atoms with Crippen LogP contribution in [0, 0.1) is 0 Å². The molecule has 0 radical (unpaired) electrons. The number of rotatable bonds is 7. The van der Waals surface area contributed by atoms with Gasteiger partial charge in [-0.25, -0.2) is 4.68 Å². The summed E-state index contributed by atoms with van der Waals surface area (Å²) in [4.78, 5) is 23.1. The SMILES string of the molecule is CCOC(=O)CCNC(=O)c1cn(Cc2ccccc2Cl)nn1. The van der Waals surface area contributed by atoms with Gasteiger partial charge in [0.1, 0.15) is 0 Å². The predicted octanol–water partition coefficient (Wildman–Crippen LogP) is 1.66. The number of ether oxygens (including phenoxy) is 1. The highest BCUT2D eigenvalue weighted by molar-refractivity contribution is 6.31. The van der Waals surface area contributed by atoms with Crippen LogP contribution in [-0.2, 0) is 16.1 Å². The Kier molecular flexibility index (Phi) is 6.10. The average Bonchev–Trinajstić information content (AvgIpc) is 2.98. The predicted molar refractivity (Wildman–Crippen MR) is 84.2 cm³/mol. The lowest BCUT2D eigenvalue weighted by molar-refractivity contribution is -0.142. The van der Waals surface area contributed by atoms with Gasteiger partial charge in [0.25, 0.3) is 5.91 Å². The third kappa shape index (κ3) is 5.07. The summed E-state index contributed by atoms with van der Waals surface area (Å²) in [5.74, 6) is -0.741. The van der Waals surface area contributed by atoms with Gasteiger partial charge in [0.15, 0.2) is 5.69 Å². The molecule has 7 nitrogen and oxygen atoms in total. The Morgan fingerprint density at radius 1 is 1.35 bits per heavy atom. The van der Waals surface area contributed by atoms with Gasteiger partial charge >= 0.3 is 5.97 Å². The molecule has 1 aromatic heterocycles. The minimum absolute atomic E-state index is 0.118. The van der Waals surface area contributed by atoms with E-state index in [1.54, 1.807) is 13.0 Å². The molecule has 0 spiro atoms. The number of benzene rings is 1. The van der Waals surface area contributed by atoms with Gasteiger partial charge in [-0.3, -0.25) is 9.59 Å². The number of carbonyl (C=O) groups is 2. The molecule has 0 saturated carbocycles. The van der Waals surface area contributed by atoms with Crippen molar-refractivity contribution in [2.45, 2.75) is 19.9 Å². The Hall–Kier alpha value is -2.41. The van der Waals surface area contributed by atoms with E-state index in [4.69, 9.17) is 16.3 Å². The van der Waals surface area contributed by atoms with Gasteiger partial charge in [0.2, 0.25) is 0 Å². The van der Waals surface area contributed by atoms with Crippen molar-refractivity contribution in [3.63, 3.8) is 0 Å². The van der Waals surface area contributed by atoms with Crippen LogP contribution in [0.3, 0.4) is 0 Å². The van der Waals surface area contributed by atoms with Crippen LogP contribution in [0.1, 0.15) is 29.4 Å². The van der Waals surface area contributed by atoms with Crippen LogP contribution in [0.2, 0.25) is 5.02 Å². The van der Waals surface area contributed by atoms with Crippen LogP contribution in [0.5, 0.6) is 0 Å². The normalized spacial score (nSPS) is 10.3. The zero-order chi connectivity index (χ0) is 16.7. The van der Waals surface area contributed by atoms with Crippen LogP contribution in [0.15, 0.2) is 30.5 Å². The number of esters is 1. The van der Waals surface area contributed by atoms with Crippen molar-refractivity contribution in [2.75, 3.05) is 13.2 Å². The van der Waals surface area contributed by atoms with Crippen LogP contribution >= 0.6 is 11.6 Å². The lowest BCUT2D eigenvalue weighted by Gasteiger charge is -2.03. The summed E-state index contributed by atoms with van der Waals surface area (Å²) in [6, 6.07) is 7.39. The molecule has 0 aliphatic rings. The Bertz CT molecular complexity index is 687. The molecule has 8 heteroatoms. The third-order valence-electron chi connectivity index (χ3n) is 2.98. The average molecular weight is 337 g/mol. The molecule has 0 saturated heterocycles. The molecule has 0 aliphatic heterocycles. The van der Waals surface area contributed by atoms with E-state index >= 15 is 0 Å². The molecule has 1 heterocycles. The molecule has 1 N–H and O–H groups in total. The first-order valence-corrected chi connectivity index (χ1v) is 7.55. The Morgan fingerprint density at radius 3 is 2.87 bits per heavy atom. The topological polar surface area (TPSA) is 86.1 Å². The number of aromatic nitrogens is 3. The zero-order valence-electron chi connectivity index (χ0n) is 12.7. The lowest BCUT2D eigenvalue weighted by Crippen LogP contribution is -2.26. The standard InChI is InChI=1S/C15H17ClN4O3/c1-2-23-14(21)7-8-17-15(22)13-10-20(19-18-13)9-11-5-3-4-6-12(11)16/h3-6,10H,2,7-9H2,1H3,(H,17,22). The summed E-state index contributed by atoms with van der Waals surface area (Å²) in [5.41, 5.74) is 1.06. The van der Waals surface area contributed by atoms with E-state index in [0.717, 1.165) is 5.56 Å². The van der Waals surface area contributed by atoms with E-state index in [9.17, 15) is 9.59 Å². The smallest absolute Gasteiger partial charge is 0.307 e. The van der Waals surface area contributed by atoms with E-state index in [1.807, 2.05) is 18.2 Å². The number of amides is 1. The first kappa shape index (κ1) is 17.0. The summed E-state index contributed by atoms with van der Waals surface area (Å²) in [6.45, 7) is 2.66. The van der Waals surface area contributed by atoms with E-state index in [1.165, 1.54) is 10.9 Å². The Labute approximate surface area is 138 Å².